The van der Waals surface area contributed by atoms with Crippen LogP contribution < -0.4 is 4.74 Å². The summed E-state index contributed by atoms with van der Waals surface area (Å²) in [5.74, 6) is 0.843. The van der Waals surface area contributed by atoms with Crippen LogP contribution in [0, 0.1) is 0 Å². The zero-order valence-corrected chi connectivity index (χ0v) is 10.5. The van der Waals surface area contributed by atoms with Gasteiger partial charge in [0.05, 0.1) is 17.2 Å². The summed E-state index contributed by atoms with van der Waals surface area (Å²) in [6, 6.07) is 15.0. The summed E-state index contributed by atoms with van der Waals surface area (Å²) >= 11 is 0. The number of ketones is 1. The highest BCUT2D eigenvalue weighted by Crippen LogP contribution is 2.38. The smallest absolute Gasteiger partial charge is 0.231 e. The number of carbonyl (C=O) groups is 1. The summed E-state index contributed by atoms with van der Waals surface area (Å²) in [6.07, 6.45) is 3.35. The fourth-order valence-electron chi connectivity index (χ4n) is 2.39. The summed E-state index contributed by atoms with van der Waals surface area (Å²) < 4.78 is 11.1. The molecule has 0 unspecified atom stereocenters. The van der Waals surface area contributed by atoms with Gasteiger partial charge in [-0.25, -0.2) is 0 Å². The fourth-order valence-corrected chi connectivity index (χ4v) is 2.39. The van der Waals surface area contributed by atoms with Gasteiger partial charge in [0.1, 0.15) is 11.3 Å². The van der Waals surface area contributed by atoms with Crippen molar-refractivity contribution in [2.45, 2.75) is 0 Å². The first kappa shape index (κ1) is 11.1. The number of hydrogen-bond acceptors (Lipinski definition) is 3. The lowest BCUT2D eigenvalue weighted by atomic mass is 10.1. The van der Waals surface area contributed by atoms with Crippen molar-refractivity contribution >= 4 is 22.8 Å². The van der Waals surface area contributed by atoms with Gasteiger partial charge in [0.25, 0.3) is 0 Å². The van der Waals surface area contributed by atoms with Gasteiger partial charge >= 0.3 is 0 Å². The van der Waals surface area contributed by atoms with E-state index in [0.717, 1.165) is 16.5 Å². The van der Waals surface area contributed by atoms with Crippen LogP contribution >= 0.6 is 0 Å². The van der Waals surface area contributed by atoms with E-state index in [1.165, 1.54) is 0 Å². The van der Waals surface area contributed by atoms with E-state index in [9.17, 15) is 4.79 Å². The molecule has 4 rings (SSSR count). The molecule has 3 nitrogen and oxygen atoms in total. The van der Waals surface area contributed by atoms with Gasteiger partial charge in [0, 0.05) is 0 Å². The predicted molar refractivity (Wildman–Crippen MR) is 75.6 cm³/mol. The van der Waals surface area contributed by atoms with E-state index in [-0.39, 0.29) is 5.78 Å². The molecule has 1 aliphatic heterocycles. The van der Waals surface area contributed by atoms with Crippen molar-refractivity contribution in [3.8, 4) is 5.75 Å². The third-order valence-electron chi connectivity index (χ3n) is 3.36. The first-order valence-corrected chi connectivity index (χ1v) is 6.32. The largest absolute Gasteiger partial charge is 0.464 e. The van der Waals surface area contributed by atoms with Gasteiger partial charge in [-0.05, 0) is 29.8 Å². The Morgan fingerprint density at radius 2 is 1.80 bits per heavy atom. The molecule has 0 radical (unpaired) electrons. The van der Waals surface area contributed by atoms with Crippen molar-refractivity contribution in [2.75, 3.05) is 0 Å². The lowest BCUT2D eigenvalue weighted by Crippen LogP contribution is -1.97. The van der Waals surface area contributed by atoms with Crippen molar-refractivity contribution in [3.63, 3.8) is 0 Å². The Kier molecular flexibility index (Phi) is 2.27. The van der Waals surface area contributed by atoms with E-state index < -0.39 is 0 Å². The van der Waals surface area contributed by atoms with Crippen LogP contribution in [0.15, 0.2) is 65.0 Å². The molecule has 0 saturated heterocycles. The topological polar surface area (TPSA) is 39.4 Å². The third-order valence-corrected chi connectivity index (χ3v) is 3.36. The molecule has 3 aromatic rings. The van der Waals surface area contributed by atoms with Crippen molar-refractivity contribution < 1.29 is 13.9 Å². The van der Waals surface area contributed by atoms with Gasteiger partial charge in [0.2, 0.25) is 5.78 Å². The first-order chi connectivity index (χ1) is 9.83. The molecule has 0 atom stereocenters. The van der Waals surface area contributed by atoms with E-state index in [0.29, 0.717) is 17.1 Å². The van der Waals surface area contributed by atoms with Gasteiger partial charge in [-0.2, -0.15) is 0 Å². The second kappa shape index (κ2) is 4.10. The maximum Gasteiger partial charge on any atom is 0.231 e. The Labute approximate surface area is 115 Å². The van der Waals surface area contributed by atoms with E-state index in [4.69, 9.17) is 9.15 Å². The molecule has 3 heteroatoms. The maximum atomic E-state index is 12.3. The number of Topliss-reactive ketones (excluding diaryl/α,β-unsaturated/α-hetero) is 1. The molecule has 0 fully saturated rings. The minimum atomic E-state index is -0.0908. The average molecular weight is 262 g/mol. The standard InChI is InChI=1S/C17H10O3/c18-16-13-6-7-14-12(8-9-19-14)17(13)20-15(16)10-11-4-2-1-3-5-11/h1-10H/b15-10-. The molecule has 96 valence electrons. The van der Waals surface area contributed by atoms with Gasteiger partial charge in [-0.15, -0.1) is 0 Å². The molecule has 1 aliphatic rings. The van der Waals surface area contributed by atoms with Gasteiger partial charge in [0.15, 0.2) is 5.76 Å². The van der Waals surface area contributed by atoms with Gasteiger partial charge in [-0.1, -0.05) is 30.3 Å². The SMILES string of the molecule is O=C1/C(=C/c2ccccc2)Oc2c1ccc1occc21. The Balaban J connectivity index is 1.84. The number of allylic oxidation sites excluding steroid dienone is 1. The molecule has 0 amide bonds. The number of furan rings is 1. The van der Waals surface area contributed by atoms with E-state index >= 15 is 0 Å². The second-order valence-corrected chi connectivity index (χ2v) is 4.63. The summed E-state index contributed by atoms with van der Waals surface area (Å²) in [5.41, 5.74) is 2.24. The lowest BCUT2D eigenvalue weighted by molar-refractivity contribution is 0.101. The minimum Gasteiger partial charge on any atom is -0.464 e. The van der Waals surface area contributed by atoms with Crippen LogP contribution in [0.2, 0.25) is 0 Å². The second-order valence-electron chi connectivity index (χ2n) is 4.63. The predicted octanol–water partition coefficient (Wildman–Crippen LogP) is 4.05. The maximum absolute atomic E-state index is 12.3. The van der Waals surface area contributed by atoms with Crippen LogP contribution in [0.5, 0.6) is 5.75 Å². The van der Waals surface area contributed by atoms with Crippen LogP contribution in [-0.4, -0.2) is 5.78 Å². The highest BCUT2D eigenvalue weighted by molar-refractivity contribution is 6.17. The zero-order valence-electron chi connectivity index (χ0n) is 10.5. The molecule has 2 aromatic carbocycles. The molecular formula is C17H10O3. The number of benzene rings is 2. The quantitative estimate of drug-likeness (QED) is 0.621. The Morgan fingerprint density at radius 3 is 2.65 bits per heavy atom. The fraction of sp³-hybridized carbons (Fsp3) is 0. The zero-order chi connectivity index (χ0) is 13.5. The van der Waals surface area contributed by atoms with Crippen molar-refractivity contribution in [3.05, 3.63) is 71.7 Å². The van der Waals surface area contributed by atoms with Crippen molar-refractivity contribution in [1.82, 2.24) is 0 Å². The van der Waals surface area contributed by atoms with E-state index in [1.54, 1.807) is 24.5 Å². The van der Waals surface area contributed by atoms with Crippen molar-refractivity contribution in [2.24, 2.45) is 0 Å². The molecule has 0 aliphatic carbocycles. The van der Waals surface area contributed by atoms with Crippen LogP contribution in [0.25, 0.3) is 17.0 Å². The lowest BCUT2D eigenvalue weighted by Gasteiger charge is -1.99. The molecule has 2 heterocycles. The normalized spacial score (nSPS) is 15.6. The average Bonchev–Trinajstić information content (AvgIpc) is 3.06. The summed E-state index contributed by atoms with van der Waals surface area (Å²) in [4.78, 5) is 12.3. The summed E-state index contributed by atoms with van der Waals surface area (Å²) in [6.45, 7) is 0. The number of ether oxygens (including phenoxy) is 1. The molecule has 0 spiro atoms. The number of rotatable bonds is 1. The van der Waals surface area contributed by atoms with E-state index in [1.807, 2.05) is 36.4 Å². The summed E-state index contributed by atoms with van der Waals surface area (Å²) in [7, 11) is 0. The molecule has 0 N–H and O–H groups in total. The van der Waals surface area contributed by atoms with E-state index in [2.05, 4.69) is 0 Å². The molecule has 20 heavy (non-hydrogen) atoms. The molecule has 0 bridgehead atoms. The Hall–Kier alpha value is -2.81. The summed E-state index contributed by atoms with van der Waals surface area (Å²) in [5, 5.41) is 0.826. The number of carbonyl (C=O) groups excluding carboxylic acids is 1. The number of fused-ring (bicyclic) bond motifs is 3. The van der Waals surface area contributed by atoms with Crippen LogP contribution in [-0.2, 0) is 0 Å². The molecule has 1 aromatic heterocycles. The van der Waals surface area contributed by atoms with Crippen LogP contribution in [0.4, 0.5) is 0 Å². The Morgan fingerprint density at radius 1 is 0.950 bits per heavy atom. The minimum absolute atomic E-state index is 0.0908. The monoisotopic (exact) mass is 262 g/mol. The Bertz CT molecular complexity index is 841. The third kappa shape index (κ3) is 1.57. The molecular weight excluding hydrogens is 252 g/mol. The van der Waals surface area contributed by atoms with Gasteiger partial charge in [-0.3, -0.25) is 4.79 Å². The van der Waals surface area contributed by atoms with Crippen LogP contribution in [0.3, 0.4) is 0 Å². The van der Waals surface area contributed by atoms with Crippen LogP contribution in [0.1, 0.15) is 15.9 Å². The first-order valence-electron chi connectivity index (χ1n) is 6.32. The van der Waals surface area contributed by atoms with Gasteiger partial charge < -0.3 is 9.15 Å². The number of hydrogen-bond donors (Lipinski definition) is 0. The highest BCUT2D eigenvalue weighted by atomic mass is 16.5. The highest BCUT2D eigenvalue weighted by Gasteiger charge is 2.29. The molecule has 0 saturated carbocycles. The van der Waals surface area contributed by atoms with Crippen molar-refractivity contribution in [1.29, 1.82) is 0 Å².